The number of carbonyl (C=O) groups excluding carboxylic acids is 1. The molecule has 2 N–H and O–H groups in total. The molecule has 0 saturated heterocycles. The zero-order valence-electron chi connectivity index (χ0n) is 17.3. The lowest BCUT2D eigenvalue weighted by atomic mass is 10.1. The van der Waals surface area contributed by atoms with Gasteiger partial charge in [-0.3, -0.25) is 9.89 Å². The van der Waals surface area contributed by atoms with Gasteiger partial charge in [0, 0.05) is 24.0 Å². The highest BCUT2D eigenvalue weighted by atomic mass is 32.1. The number of aromatic amines is 1. The number of H-pyrrole nitrogens is 1. The molecule has 2 aromatic heterocycles. The van der Waals surface area contributed by atoms with Crippen LogP contribution in [0.1, 0.15) is 56.5 Å². The molecule has 0 fully saturated rings. The number of aromatic nitrogens is 4. The lowest BCUT2D eigenvalue weighted by Gasteiger charge is -2.12. The minimum atomic E-state index is -0.430. The SMILES string of the molecule is Cc1cc(C=C(C#N)C(=O)NCc2n[nH]c(=S)n2C(C)C)c(C)n1CC(C)C. The van der Waals surface area contributed by atoms with Gasteiger partial charge in [0.25, 0.3) is 5.91 Å². The van der Waals surface area contributed by atoms with Crippen molar-refractivity contribution in [3.63, 3.8) is 0 Å². The molecule has 0 aliphatic heterocycles. The number of nitrogens with zero attached hydrogens (tertiary/aromatic N) is 4. The molecule has 8 heteroatoms. The Morgan fingerprint density at radius 2 is 2.07 bits per heavy atom. The van der Waals surface area contributed by atoms with Crippen molar-refractivity contribution in [3.05, 3.63) is 39.2 Å². The molecule has 2 rings (SSSR count). The lowest BCUT2D eigenvalue weighted by molar-refractivity contribution is -0.117. The summed E-state index contributed by atoms with van der Waals surface area (Å²) in [5.74, 6) is 0.706. The van der Waals surface area contributed by atoms with Crippen LogP contribution < -0.4 is 5.32 Å². The smallest absolute Gasteiger partial charge is 0.262 e. The van der Waals surface area contributed by atoms with Gasteiger partial charge < -0.3 is 14.5 Å². The number of carbonyl (C=O) groups is 1. The summed E-state index contributed by atoms with van der Waals surface area (Å²) in [7, 11) is 0. The first-order valence-electron chi connectivity index (χ1n) is 9.38. The van der Waals surface area contributed by atoms with Crippen LogP contribution in [0.5, 0.6) is 0 Å². The zero-order valence-corrected chi connectivity index (χ0v) is 18.1. The van der Waals surface area contributed by atoms with Crippen LogP contribution in [0, 0.1) is 35.9 Å². The van der Waals surface area contributed by atoms with Crippen LogP contribution >= 0.6 is 12.2 Å². The van der Waals surface area contributed by atoms with Gasteiger partial charge in [-0.05, 0) is 63.5 Å². The van der Waals surface area contributed by atoms with Crippen molar-refractivity contribution in [1.82, 2.24) is 24.6 Å². The molecular formula is C20H28N6OS. The molecule has 0 bridgehead atoms. The fourth-order valence-electron chi connectivity index (χ4n) is 3.17. The number of rotatable bonds is 7. The van der Waals surface area contributed by atoms with E-state index in [0.29, 0.717) is 16.5 Å². The number of amides is 1. The summed E-state index contributed by atoms with van der Waals surface area (Å²) >= 11 is 5.21. The molecule has 0 atom stereocenters. The molecule has 2 aromatic rings. The van der Waals surface area contributed by atoms with Crippen LogP contribution in [0.3, 0.4) is 0 Å². The van der Waals surface area contributed by atoms with Crippen LogP contribution in [0.15, 0.2) is 11.6 Å². The van der Waals surface area contributed by atoms with Crippen molar-refractivity contribution in [2.75, 3.05) is 0 Å². The molecule has 150 valence electrons. The van der Waals surface area contributed by atoms with E-state index in [1.807, 2.05) is 44.4 Å². The summed E-state index contributed by atoms with van der Waals surface area (Å²) in [5, 5.41) is 19.1. The average molecular weight is 401 g/mol. The van der Waals surface area contributed by atoms with E-state index >= 15 is 0 Å². The molecule has 1 amide bonds. The topological polar surface area (TPSA) is 91.4 Å². The van der Waals surface area contributed by atoms with Crippen LogP contribution in [0.4, 0.5) is 0 Å². The van der Waals surface area contributed by atoms with E-state index in [9.17, 15) is 10.1 Å². The third-order valence-electron chi connectivity index (χ3n) is 4.53. The first-order chi connectivity index (χ1) is 13.1. The minimum absolute atomic E-state index is 0.0648. The van der Waals surface area contributed by atoms with Crippen LogP contribution in [0.2, 0.25) is 0 Å². The Balaban J connectivity index is 2.21. The predicted molar refractivity (Wildman–Crippen MR) is 112 cm³/mol. The molecule has 0 aromatic carbocycles. The summed E-state index contributed by atoms with van der Waals surface area (Å²) < 4.78 is 4.56. The highest BCUT2D eigenvalue weighted by Crippen LogP contribution is 2.20. The summed E-state index contributed by atoms with van der Waals surface area (Å²) in [4.78, 5) is 12.5. The fourth-order valence-corrected chi connectivity index (χ4v) is 3.54. The van der Waals surface area contributed by atoms with Crippen molar-refractivity contribution in [1.29, 1.82) is 5.26 Å². The number of nitrogens with one attached hydrogen (secondary N) is 2. The molecule has 7 nitrogen and oxygen atoms in total. The molecule has 0 aliphatic carbocycles. The number of hydrogen-bond acceptors (Lipinski definition) is 4. The second-order valence-electron chi connectivity index (χ2n) is 7.59. The van der Waals surface area contributed by atoms with Crippen molar-refractivity contribution in [2.24, 2.45) is 5.92 Å². The Kier molecular flexibility index (Phi) is 6.97. The first-order valence-corrected chi connectivity index (χ1v) is 9.79. The van der Waals surface area contributed by atoms with Crippen LogP contribution in [-0.4, -0.2) is 25.2 Å². The van der Waals surface area contributed by atoms with Crippen LogP contribution in [0.25, 0.3) is 6.08 Å². The Morgan fingerprint density at radius 3 is 2.64 bits per heavy atom. The van der Waals surface area contributed by atoms with Crippen molar-refractivity contribution >= 4 is 24.2 Å². The van der Waals surface area contributed by atoms with Gasteiger partial charge >= 0.3 is 0 Å². The largest absolute Gasteiger partial charge is 0.348 e. The maximum atomic E-state index is 12.5. The highest BCUT2D eigenvalue weighted by Gasteiger charge is 2.15. The van der Waals surface area contributed by atoms with Gasteiger partial charge in [0.05, 0.1) is 6.54 Å². The van der Waals surface area contributed by atoms with Crippen molar-refractivity contribution in [3.8, 4) is 6.07 Å². The summed E-state index contributed by atoms with van der Waals surface area (Å²) in [6.45, 7) is 13.4. The normalized spacial score (nSPS) is 11.9. The van der Waals surface area contributed by atoms with Crippen LogP contribution in [-0.2, 0) is 17.9 Å². The summed E-state index contributed by atoms with van der Waals surface area (Å²) in [6, 6.07) is 4.14. The Morgan fingerprint density at radius 1 is 1.39 bits per heavy atom. The predicted octanol–water partition coefficient (Wildman–Crippen LogP) is 3.82. The Bertz CT molecular complexity index is 983. The van der Waals surface area contributed by atoms with Gasteiger partial charge in [-0.15, -0.1) is 0 Å². The lowest BCUT2D eigenvalue weighted by Crippen LogP contribution is -2.26. The average Bonchev–Trinajstić information content (AvgIpc) is 3.11. The van der Waals surface area contributed by atoms with Gasteiger partial charge in [-0.25, -0.2) is 0 Å². The van der Waals surface area contributed by atoms with E-state index in [2.05, 4.69) is 33.9 Å². The molecule has 0 unspecified atom stereocenters. The van der Waals surface area contributed by atoms with Gasteiger partial charge in [-0.1, -0.05) is 13.8 Å². The quantitative estimate of drug-likeness (QED) is 0.420. The molecule has 0 spiro atoms. The van der Waals surface area contributed by atoms with E-state index < -0.39 is 5.91 Å². The molecular weight excluding hydrogens is 372 g/mol. The van der Waals surface area contributed by atoms with Gasteiger partial charge in [0.1, 0.15) is 11.6 Å². The van der Waals surface area contributed by atoms with E-state index in [1.54, 1.807) is 6.08 Å². The van der Waals surface area contributed by atoms with E-state index in [-0.39, 0.29) is 18.2 Å². The zero-order chi connectivity index (χ0) is 21.0. The number of nitriles is 1. The number of aryl methyl sites for hydroxylation is 1. The monoisotopic (exact) mass is 400 g/mol. The second-order valence-corrected chi connectivity index (χ2v) is 7.98. The third kappa shape index (κ3) is 4.78. The molecule has 0 saturated carbocycles. The fraction of sp³-hybridized carbons (Fsp3) is 0.500. The van der Waals surface area contributed by atoms with E-state index in [4.69, 9.17) is 12.2 Å². The van der Waals surface area contributed by atoms with Crippen molar-refractivity contribution < 1.29 is 4.79 Å². The van der Waals surface area contributed by atoms with Gasteiger partial charge in [0.2, 0.25) is 0 Å². The first kappa shape index (κ1) is 21.6. The second kappa shape index (κ2) is 9.02. The minimum Gasteiger partial charge on any atom is -0.348 e. The molecule has 0 radical (unpaired) electrons. The van der Waals surface area contributed by atoms with Gasteiger partial charge in [-0.2, -0.15) is 10.4 Å². The maximum Gasteiger partial charge on any atom is 0.262 e. The molecule has 28 heavy (non-hydrogen) atoms. The Hall–Kier alpha value is -2.66. The molecule has 2 heterocycles. The summed E-state index contributed by atoms with van der Waals surface area (Å²) in [6.07, 6.45) is 1.65. The van der Waals surface area contributed by atoms with Crippen molar-refractivity contribution in [2.45, 2.75) is 60.7 Å². The van der Waals surface area contributed by atoms with Gasteiger partial charge in [0.15, 0.2) is 10.6 Å². The maximum absolute atomic E-state index is 12.5. The Labute approximate surface area is 171 Å². The third-order valence-corrected chi connectivity index (χ3v) is 4.81. The molecule has 0 aliphatic rings. The number of hydrogen-bond donors (Lipinski definition) is 2. The summed E-state index contributed by atoms with van der Waals surface area (Å²) in [5.41, 5.74) is 3.11. The van der Waals surface area contributed by atoms with E-state index in [1.165, 1.54) is 0 Å². The van der Waals surface area contributed by atoms with E-state index in [0.717, 1.165) is 23.5 Å². The highest BCUT2D eigenvalue weighted by molar-refractivity contribution is 7.71. The standard InChI is InChI=1S/C20H28N6OS/c1-12(2)11-25-14(5)7-16(15(25)6)8-17(9-21)19(27)22-10-18-23-24-20(28)26(18)13(3)4/h7-8,12-13H,10-11H2,1-6H3,(H,22,27)(H,24,28).